The van der Waals surface area contributed by atoms with Gasteiger partial charge in [0.15, 0.2) is 0 Å². The Morgan fingerprint density at radius 1 is 1.20 bits per heavy atom. The SMILES string of the molecule is Cc1ncc(-c2cncc(C3CCCN(C)C3)n2)n1C. The Balaban J connectivity index is 1.91. The fourth-order valence-electron chi connectivity index (χ4n) is 2.85. The van der Waals surface area contributed by atoms with Crippen molar-refractivity contribution in [1.29, 1.82) is 0 Å². The van der Waals surface area contributed by atoms with Crippen LogP contribution in [0.25, 0.3) is 11.4 Å². The predicted octanol–water partition coefficient (Wildman–Crippen LogP) is 1.99. The quantitative estimate of drug-likeness (QED) is 0.838. The number of hydrogen-bond acceptors (Lipinski definition) is 4. The van der Waals surface area contributed by atoms with Gasteiger partial charge in [0.2, 0.25) is 0 Å². The van der Waals surface area contributed by atoms with Gasteiger partial charge in [-0.1, -0.05) is 0 Å². The highest BCUT2D eigenvalue weighted by Crippen LogP contribution is 2.26. The van der Waals surface area contributed by atoms with Crippen molar-refractivity contribution >= 4 is 0 Å². The van der Waals surface area contributed by atoms with Gasteiger partial charge >= 0.3 is 0 Å². The van der Waals surface area contributed by atoms with Gasteiger partial charge in [0.25, 0.3) is 0 Å². The molecule has 1 fully saturated rings. The average molecular weight is 271 g/mol. The van der Waals surface area contributed by atoms with E-state index in [-0.39, 0.29) is 0 Å². The van der Waals surface area contributed by atoms with Crippen LogP contribution in [0.4, 0.5) is 0 Å². The monoisotopic (exact) mass is 271 g/mol. The zero-order chi connectivity index (χ0) is 14.1. The molecule has 0 N–H and O–H groups in total. The highest BCUT2D eigenvalue weighted by molar-refractivity contribution is 5.53. The summed E-state index contributed by atoms with van der Waals surface area (Å²) in [6.45, 7) is 4.25. The molecule has 1 atom stereocenters. The summed E-state index contributed by atoms with van der Waals surface area (Å²) in [5, 5.41) is 0. The van der Waals surface area contributed by atoms with Crippen molar-refractivity contribution in [1.82, 2.24) is 24.4 Å². The third-order valence-electron chi connectivity index (χ3n) is 4.18. The molecule has 1 unspecified atom stereocenters. The number of nitrogens with zero attached hydrogens (tertiary/aromatic N) is 5. The second-order valence-corrected chi connectivity index (χ2v) is 5.68. The van der Waals surface area contributed by atoms with Gasteiger partial charge in [0, 0.05) is 25.7 Å². The molecule has 2 aromatic heterocycles. The van der Waals surface area contributed by atoms with Crippen LogP contribution in [0, 0.1) is 6.92 Å². The molecule has 5 heteroatoms. The molecule has 0 saturated carbocycles. The van der Waals surface area contributed by atoms with Crippen LogP contribution >= 0.6 is 0 Å². The second kappa shape index (κ2) is 5.32. The van der Waals surface area contributed by atoms with Crippen molar-refractivity contribution in [2.75, 3.05) is 20.1 Å². The van der Waals surface area contributed by atoms with Crippen molar-refractivity contribution in [3.05, 3.63) is 30.1 Å². The third-order valence-corrected chi connectivity index (χ3v) is 4.18. The lowest BCUT2D eigenvalue weighted by Gasteiger charge is -2.29. The first-order valence-electron chi connectivity index (χ1n) is 7.14. The van der Waals surface area contributed by atoms with E-state index in [0.717, 1.165) is 29.5 Å². The Morgan fingerprint density at radius 3 is 2.75 bits per heavy atom. The summed E-state index contributed by atoms with van der Waals surface area (Å²) in [4.78, 5) is 15.9. The summed E-state index contributed by atoms with van der Waals surface area (Å²) >= 11 is 0. The topological polar surface area (TPSA) is 46.8 Å². The van der Waals surface area contributed by atoms with Crippen LogP contribution in [-0.4, -0.2) is 44.6 Å². The number of piperidine rings is 1. The molecule has 1 aliphatic rings. The van der Waals surface area contributed by atoms with Crippen LogP contribution in [0.3, 0.4) is 0 Å². The van der Waals surface area contributed by atoms with Gasteiger partial charge in [0.1, 0.15) is 11.5 Å². The summed E-state index contributed by atoms with van der Waals surface area (Å²) in [5.41, 5.74) is 3.05. The number of rotatable bonds is 2. The van der Waals surface area contributed by atoms with Crippen LogP contribution in [0.2, 0.25) is 0 Å². The number of aryl methyl sites for hydroxylation is 1. The van der Waals surface area contributed by atoms with Crippen LogP contribution in [0.15, 0.2) is 18.6 Å². The third kappa shape index (κ3) is 2.45. The van der Waals surface area contributed by atoms with Gasteiger partial charge in [-0.15, -0.1) is 0 Å². The molecule has 3 heterocycles. The van der Waals surface area contributed by atoms with Gasteiger partial charge < -0.3 is 9.47 Å². The minimum absolute atomic E-state index is 0.496. The standard InChI is InChI=1S/C15H21N5/c1-11-17-9-15(20(11)3)14-8-16-7-13(18-14)12-5-4-6-19(2)10-12/h7-9,12H,4-6,10H2,1-3H3. The molecular weight excluding hydrogens is 250 g/mol. The van der Waals surface area contributed by atoms with E-state index in [1.807, 2.05) is 32.6 Å². The summed E-state index contributed by atoms with van der Waals surface area (Å²) in [7, 11) is 4.19. The lowest BCUT2D eigenvalue weighted by Crippen LogP contribution is -2.31. The lowest BCUT2D eigenvalue weighted by atomic mass is 9.95. The molecular formula is C15H21N5. The average Bonchev–Trinajstić information content (AvgIpc) is 2.79. The molecule has 0 bridgehead atoms. The van der Waals surface area contributed by atoms with Crippen molar-refractivity contribution in [3.63, 3.8) is 0 Å². The van der Waals surface area contributed by atoms with Crippen molar-refractivity contribution < 1.29 is 0 Å². The Morgan fingerprint density at radius 2 is 2.05 bits per heavy atom. The highest BCUT2D eigenvalue weighted by Gasteiger charge is 2.21. The highest BCUT2D eigenvalue weighted by atomic mass is 15.1. The molecule has 0 aliphatic carbocycles. The van der Waals surface area contributed by atoms with E-state index in [9.17, 15) is 0 Å². The molecule has 1 saturated heterocycles. The van der Waals surface area contributed by atoms with Crippen molar-refractivity contribution in [2.45, 2.75) is 25.7 Å². The Bertz CT molecular complexity index is 604. The number of likely N-dealkylation sites (N-methyl/N-ethyl adjacent to an activating group) is 1. The van der Waals surface area contributed by atoms with Crippen LogP contribution < -0.4 is 0 Å². The molecule has 2 aromatic rings. The van der Waals surface area contributed by atoms with E-state index in [0.29, 0.717) is 5.92 Å². The number of imidazole rings is 1. The minimum Gasteiger partial charge on any atom is -0.330 e. The summed E-state index contributed by atoms with van der Waals surface area (Å²) in [6.07, 6.45) is 8.05. The van der Waals surface area contributed by atoms with Gasteiger partial charge in [-0.3, -0.25) is 4.98 Å². The number of likely N-dealkylation sites (tertiary alicyclic amines) is 1. The van der Waals surface area contributed by atoms with Gasteiger partial charge in [-0.05, 0) is 33.4 Å². The Hall–Kier alpha value is -1.75. The minimum atomic E-state index is 0.496. The molecule has 106 valence electrons. The molecule has 0 spiro atoms. The van der Waals surface area contributed by atoms with Crippen LogP contribution in [0.1, 0.15) is 30.3 Å². The van der Waals surface area contributed by atoms with Gasteiger partial charge in [0.05, 0.1) is 23.8 Å². The summed E-state index contributed by atoms with van der Waals surface area (Å²) < 4.78 is 2.06. The normalized spacial score (nSPS) is 20.2. The van der Waals surface area contributed by atoms with Crippen LogP contribution in [0.5, 0.6) is 0 Å². The molecule has 0 radical (unpaired) electrons. The zero-order valence-electron chi connectivity index (χ0n) is 12.4. The summed E-state index contributed by atoms with van der Waals surface area (Å²) in [5.74, 6) is 1.49. The fraction of sp³-hybridized carbons (Fsp3) is 0.533. The fourth-order valence-corrected chi connectivity index (χ4v) is 2.85. The Labute approximate surface area is 119 Å². The molecule has 0 amide bonds. The first-order valence-corrected chi connectivity index (χ1v) is 7.14. The Kier molecular flexibility index (Phi) is 3.53. The first kappa shape index (κ1) is 13.2. The number of hydrogen-bond donors (Lipinski definition) is 0. The molecule has 20 heavy (non-hydrogen) atoms. The first-order chi connectivity index (χ1) is 9.65. The van der Waals surface area contributed by atoms with E-state index in [2.05, 4.69) is 26.5 Å². The van der Waals surface area contributed by atoms with E-state index in [1.54, 1.807) is 0 Å². The van der Waals surface area contributed by atoms with E-state index >= 15 is 0 Å². The van der Waals surface area contributed by atoms with E-state index in [4.69, 9.17) is 4.98 Å². The zero-order valence-corrected chi connectivity index (χ0v) is 12.4. The molecule has 5 nitrogen and oxygen atoms in total. The molecule has 0 aromatic carbocycles. The van der Waals surface area contributed by atoms with Crippen LogP contribution in [-0.2, 0) is 7.05 Å². The van der Waals surface area contributed by atoms with Gasteiger partial charge in [-0.25, -0.2) is 9.97 Å². The maximum Gasteiger partial charge on any atom is 0.107 e. The smallest absolute Gasteiger partial charge is 0.107 e. The maximum atomic E-state index is 4.83. The number of aromatic nitrogens is 4. The largest absolute Gasteiger partial charge is 0.330 e. The lowest BCUT2D eigenvalue weighted by molar-refractivity contribution is 0.248. The molecule has 1 aliphatic heterocycles. The second-order valence-electron chi connectivity index (χ2n) is 5.68. The molecule has 3 rings (SSSR count). The summed E-state index contributed by atoms with van der Waals surface area (Å²) in [6, 6.07) is 0. The van der Waals surface area contributed by atoms with Crippen molar-refractivity contribution in [3.8, 4) is 11.4 Å². The predicted molar refractivity (Wildman–Crippen MR) is 78.4 cm³/mol. The van der Waals surface area contributed by atoms with Gasteiger partial charge in [-0.2, -0.15) is 0 Å². The maximum absolute atomic E-state index is 4.83. The van der Waals surface area contributed by atoms with E-state index in [1.165, 1.54) is 19.4 Å². The van der Waals surface area contributed by atoms with E-state index < -0.39 is 0 Å². The van der Waals surface area contributed by atoms with Crippen molar-refractivity contribution in [2.24, 2.45) is 7.05 Å².